The van der Waals surface area contributed by atoms with Crippen LogP contribution in [0, 0.1) is 30.4 Å². The van der Waals surface area contributed by atoms with E-state index in [-0.39, 0.29) is 17.9 Å². The van der Waals surface area contributed by atoms with Gasteiger partial charge in [-0.15, -0.1) is 11.3 Å². The first-order valence-corrected chi connectivity index (χ1v) is 8.75. The van der Waals surface area contributed by atoms with E-state index < -0.39 is 17.5 Å². The number of aromatic hydroxyl groups is 1. The van der Waals surface area contributed by atoms with Gasteiger partial charge in [0.05, 0.1) is 5.69 Å². The minimum Gasteiger partial charge on any atom is -0.508 e. The quantitative estimate of drug-likeness (QED) is 0.676. The lowest BCUT2D eigenvalue weighted by molar-refractivity contribution is 0.0953. The van der Waals surface area contributed by atoms with E-state index in [1.54, 1.807) is 19.1 Å². The number of nitrogens with zero attached hydrogens (tertiary/aromatic N) is 1. The third kappa shape index (κ3) is 4.49. The molecule has 4 nitrogen and oxygen atoms in total. The van der Waals surface area contributed by atoms with E-state index in [0.717, 1.165) is 23.5 Å². The average Bonchev–Trinajstić information content (AvgIpc) is 3.01. The number of aryl methyl sites for hydroxylation is 1. The van der Waals surface area contributed by atoms with Gasteiger partial charge in [-0.05, 0) is 49.2 Å². The van der Waals surface area contributed by atoms with Gasteiger partial charge in [-0.2, -0.15) is 0 Å². The molecule has 0 saturated carbocycles. The number of aromatic nitrogens is 1. The molecular weight excluding hydrogens is 370 g/mol. The Balaban J connectivity index is 1.72. The summed E-state index contributed by atoms with van der Waals surface area (Å²) in [6, 6.07) is 9.93. The Hall–Kier alpha value is -3.24. The summed E-state index contributed by atoms with van der Waals surface area (Å²) in [4.78, 5) is 16.9. The van der Waals surface area contributed by atoms with Crippen LogP contribution < -0.4 is 5.32 Å². The second kappa shape index (κ2) is 7.98. The van der Waals surface area contributed by atoms with Crippen molar-refractivity contribution in [1.82, 2.24) is 10.3 Å². The highest BCUT2D eigenvalue weighted by Gasteiger charge is 2.16. The molecule has 27 heavy (non-hydrogen) atoms. The first-order chi connectivity index (χ1) is 12.9. The van der Waals surface area contributed by atoms with Crippen molar-refractivity contribution in [1.29, 1.82) is 0 Å². The van der Waals surface area contributed by atoms with Crippen LogP contribution in [-0.2, 0) is 6.54 Å². The standard InChI is InChI=1S/C20H14F2N2O2S/c1-12-19(20(26)23-11-15-16(21)3-2-4-17(15)22)27-18(24-12)10-7-13-5-8-14(25)9-6-13/h2-6,8-9,25H,11H2,1H3,(H,23,26). The number of halogens is 2. The average molecular weight is 384 g/mol. The van der Waals surface area contributed by atoms with Crippen LogP contribution in [-0.4, -0.2) is 16.0 Å². The second-order valence-corrected chi connectivity index (χ2v) is 6.61. The summed E-state index contributed by atoms with van der Waals surface area (Å²) in [5, 5.41) is 12.2. The third-order valence-electron chi connectivity index (χ3n) is 3.67. The van der Waals surface area contributed by atoms with Crippen LogP contribution in [0.25, 0.3) is 0 Å². The maximum absolute atomic E-state index is 13.6. The summed E-state index contributed by atoms with van der Waals surface area (Å²) in [5.74, 6) is 4.02. The van der Waals surface area contributed by atoms with Crippen molar-refractivity contribution in [2.75, 3.05) is 0 Å². The van der Waals surface area contributed by atoms with Gasteiger partial charge in [-0.3, -0.25) is 4.79 Å². The molecule has 0 radical (unpaired) electrons. The van der Waals surface area contributed by atoms with Crippen LogP contribution in [0.15, 0.2) is 42.5 Å². The van der Waals surface area contributed by atoms with E-state index in [0.29, 0.717) is 21.1 Å². The fourth-order valence-electron chi connectivity index (χ4n) is 2.28. The summed E-state index contributed by atoms with van der Waals surface area (Å²) >= 11 is 1.10. The van der Waals surface area contributed by atoms with Crippen molar-refractivity contribution in [3.8, 4) is 17.6 Å². The minimum absolute atomic E-state index is 0.149. The number of amides is 1. The van der Waals surface area contributed by atoms with Crippen molar-refractivity contribution in [3.63, 3.8) is 0 Å². The molecule has 1 amide bonds. The molecule has 2 aromatic carbocycles. The van der Waals surface area contributed by atoms with E-state index in [9.17, 15) is 18.7 Å². The Morgan fingerprint density at radius 3 is 2.48 bits per heavy atom. The lowest BCUT2D eigenvalue weighted by atomic mass is 10.2. The van der Waals surface area contributed by atoms with Gasteiger partial charge in [0.25, 0.3) is 5.91 Å². The molecule has 0 unspecified atom stereocenters. The van der Waals surface area contributed by atoms with Crippen molar-refractivity contribution in [3.05, 3.63) is 80.8 Å². The van der Waals surface area contributed by atoms with Crippen LogP contribution in [0.3, 0.4) is 0 Å². The normalized spacial score (nSPS) is 10.2. The SMILES string of the molecule is Cc1nc(C#Cc2ccc(O)cc2)sc1C(=O)NCc1c(F)cccc1F. The first kappa shape index (κ1) is 18.5. The number of rotatable bonds is 3. The molecule has 7 heteroatoms. The lowest BCUT2D eigenvalue weighted by Gasteiger charge is -2.06. The molecule has 3 rings (SSSR count). The number of thiazole rings is 1. The zero-order chi connectivity index (χ0) is 19.4. The molecule has 136 valence electrons. The van der Waals surface area contributed by atoms with E-state index >= 15 is 0 Å². The summed E-state index contributed by atoms with van der Waals surface area (Å²) in [6.45, 7) is 1.41. The number of phenolic OH excluding ortho intramolecular Hbond substituents is 1. The van der Waals surface area contributed by atoms with Crippen molar-refractivity contribution >= 4 is 17.2 Å². The molecule has 1 heterocycles. The van der Waals surface area contributed by atoms with Gasteiger partial charge in [0.1, 0.15) is 22.3 Å². The van der Waals surface area contributed by atoms with Gasteiger partial charge in [-0.25, -0.2) is 13.8 Å². The molecule has 1 aromatic heterocycles. The smallest absolute Gasteiger partial charge is 0.263 e. The summed E-state index contributed by atoms with van der Waals surface area (Å²) < 4.78 is 27.3. The molecule has 3 aromatic rings. The van der Waals surface area contributed by atoms with E-state index in [1.165, 1.54) is 18.2 Å². The predicted molar refractivity (Wildman–Crippen MR) is 98.5 cm³/mol. The highest BCUT2D eigenvalue weighted by molar-refractivity contribution is 7.14. The molecule has 0 saturated heterocycles. The highest BCUT2D eigenvalue weighted by Crippen LogP contribution is 2.18. The topological polar surface area (TPSA) is 62.2 Å². The van der Waals surface area contributed by atoms with Gasteiger partial charge in [0.15, 0.2) is 5.01 Å². The van der Waals surface area contributed by atoms with E-state index in [2.05, 4.69) is 22.1 Å². The lowest BCUT2D eigenvalue weighted by Crippen LogP contribution is -2.23. The summed E-state index contributed by atoms with van der Waals surface area (Å²) in [7, 11) is 0. The molecule has 0 fully saturated rings. The number of nitrogens with one attached hydrogen (secondary N) is 1. The van der Waals surface area contributed by atoms with E-state index in [1.807, 2.05) is 0 Å². The molecule has 0 aliphatic carbocycles. The monoisotopic (exact) mass is 384 g/mol. The number of carbonyl (C=O) groups excluding carboxylic acids is 1. The van der Waals surface area contributed by atoms with Gasteiger partial charge in [0, 0.05) is 17.7 Å². The fourth-order valence-corrected chi connectivity index (χ4v) is 3.12. The van der Waals surface area contributed by atoms with Crippen LogP contribution in [0.1, 0.15) is 31.5 Å². The van der Waals surface area contributed by atoms with Crippen LogP contribution >= 0.6 is 11.3 Å². The molecule has 0 aliphatic heterocycles. The van der Waals surface area contributed by atoms with Crippen molar-refractivity contribution < 1.29 is 18.7 Å². The molecule has 0 spiro atoms. The maximum Gasteiger partial charge on any atom is 0.263 e. The Kier molecular flexibility index (Phi) is 5.48. The number of carbonyl (C=O) groups is 1. The second-order valence-electron chi connectivity index (χ2n) is 5.61. The number of phenols is 1. The molecule has 0 bridgehead atoms. The molecule has 2 N–H and O–H groups in total. The molecule has 0 atom stereocenters. The van der Waals surface area contributed by atoms with Crippen LogP contribution in [0.5, 0.6) is 5.75 Å². The van der Waals surface area contributed by atoms with Gasteiger partial charge >= 0.3 is 0 Å². The zero-order valence-corrected chi connectivity index (χ0v) is 15.0. The maximum atomic E-state index is 13.6. The van der Waals surface area contributed by atoms with Gasteiger partial charge < -0.3 is 10.4 Å². The largest absolute Gasteiger partial charge is 0.508 e. The zero-order valence-electron chi connectivity index (χ0n) is 14.2. The van der Waals surface area contributed by atoms with Crippen LogP contribution in [0.4, 0.5) is 8.78 Å². The Bertz CT molecular complexity index is 1030. The number of hydrogen-bond donors (Lipinski definition) is 2. The minimum atomic E-state index is -0.711. The fraction of sp³-hybridized carbons (Fsp3) is 0.100. The third-order valence-corrected chi connectivity index (χ3v) is 4.74. The Morgan fingerprint density at radius 2 is 1.81 bits per heavy atom. The van der Waals surface area contributed by atoms with Gasteiger partial charge in [0.2, 0.25) is 0 Å². The number of hydrogen-bond acceptors (Lipinski definition) is 4. The van der Waals surface area contributed by atoms with Crippen molar-refractivity contribution in [2.45, 2.75) is 13.5 Å². The Morgan fingerprint density at radius 1 is 1.15 bits per heavy atom. The van der Waals surface area contributed by atoms with Gasteiger partial charge in [-0.1, -0.05) is 12.0 Å². The van der Waals surface area contributed by atoms with Crippen molar-refractivity contribution in [2.24, 2.45) is 0 Å². The molecule has 0 aliphatic rings. The highest BCUT2D eigenvalue weighted by atomic mass is 32.1. The summed E-state index contributed by atoms with van der Waals surface area (Å²) in [6.07, 6.45) is 0. The van der Waals surface area contributed by atoms with Crippen LogP contribution in [0.2, 0.25) is 0 Å². The first-order valence-electron chi connectivity index (χ1n) is 7.93. The predicted octanol–water partition coefficient (Wildman–Crippen LogP) is 3.77. The van der Waals surface area contributed by atoms with E-state index in [4.69, 9.17) is 0 Å². The molecular formula is C20H14F2N2O2S. The summed E-state index contributed by atoms with van der Waals surface area (Å²) in [5.41, 5.74) is 0.989. The Labute approximate surface area is 158 Å². The number of benzene rings is 2.